The van der Waals surface area contributed by atoms with E-state index in [1.54, 1.807) is 0 Å². The van der Waals surface area contributed by atoms with Crippen LogP contribution in [-0.2, 0) is 11.3 Å². The Balaban J connectivity index is 0.00000176. The van der Waals surface area contributed by atoms with E-state index < -0.39 is 0 Å². The van der Waals surface area contributed by atoms with Crippen molar-refractivity contribution in [3.63, 3.8) is 0 Å². The predicted molar refractivity (Wildman–Crippen MR) is 85.6 cm³/mol. The van der Waals surface area contributed by atoms with E-state index in [9.17, 15) is 4.79 Å². The van der Waals surface area contributed by atoms with Crippen molar-refractivity contribution in [3.05, 3.63) is 23.8 Å². The molecule has 2 aliphatic heterocycles. The van der Waals surface area contributed by atoms with Gasteiger partial charge in [-0.1, -0.05) is 6.07 Å². The van der Waals surface area contributed by atoms with E-state index in [4.69, 9.17) is 9.47 Å². The van der Waals surface area contributed by atoms with Crippen LogP contribution in [0.25, 0.3) is 0 Å². The molecule has 1 aromatic carbocycles. The van der Waals surface area contributed by atoms with Crippen LogP contribution in [0.5, 0.6) is 11.5 Å². The van der Waals surface area contributed by atoms with Gasteiger partial charge in [0.2, 0.25) is 12.7 Å². The van der Waals surface area contributed by atoms with Crippen LogP contribution in [0.2, 0.25) is 0 Å². The zero-order valence-electron chi connectivity index (χ0n) is 12.6. The number of carbonyl (C=O) groups excluding carboxylic acids is 1. The van der Waals surface area contributed by atoms with Crippen molar-refractivity contribution in [1.29, 1.82) is 0 Å². The van der Waals surface area contributed by atoms with E-state index in [0.717, 1.165) is 36.7 Å². The van der Waals surface area contributed by atoms with E-state index in [1.165, 1.54) is 0 Å². The maximum absolute atomic E-state index is 12.0. The number of nitrogens with zero attached hydrogens (tertiary/aromatic N) is 1. The van der Waals surface area contributed by atoms with E-state index in [0.29, 0.717) is 19.1 Å². The molecule has 0 saturated carbocycles. The Morgan fingerprint density at radius 3 is 3.05 bits per heavy atom. The molecule has 0 aromatic heterocycles. The highest BCUT2D eigenvalue weighted by molar-refractivity contribution is 5.85. The lowest BCUT2D eigenvalue weighted by molar-refractivity contribution is -0.123. The average molecular weight is 328 g/mol. The Labute approximate surface area is 136 Å². The highest BCUT2D eigenvalue weighted by Crippen LogP contribution is 2.32. The Morgan fingerprint density at radius 2 is 2.23 bits per heavy atom. The van der Waals surface area contributed by atoms with Crippen LogP contribution in [0.1, 0.15) is 12.5 Å². The lowest BCUT2D eigenvalue weighted by atomic mass is 10.2. The van der Waals surface area contributed by atoms with E-state index in [-0.39, 0.29) is 25.1 Å². The molecule has 0 bridgehead atoms. The second-order valence-electron chi connectivity index (χ2n) is 5.49. The zero-order valence-corrected chi connectivity index (χ0v) is 13.4. The van der Waals surface area contributed by atoms with E-state index in [1.807, 2.05) is 18.2 Å². The fraction of sp³-hybridized carbons (Fsp3) is 0.533. The Hall–Kier alpha value is -1.50. The molecule has 1 saturated heterocycles. The van der Waals surface area contributed by atoms with Gasteiger partial charge < -0.3 is 20.1 Å². The van der Waals surface area contributed by atoms with Crippen molar-refractivity contribution < 1.29 is 14.3 Å². The molecule has 6 nitrogen and oxygen atoms in total. The smallest absolute Gasteiger partial charge is 0.234 e. The lowest BCUT2D eigenvalue weighted by Crippen LogP contribution is -2.52. The number of rotatable bonds is 4. The van der Waals surface area contributed by atoms with Crippen molar-refractivity contribution in [2.24, 2.45) is 0 Å². The minimum atomic E-state index is 0. The van der Waals surface area contributed by atoms with Gasteiger partial charge in [-0.3, -0.25) is 9.69 Å². The predicted octanol–water partition coefficient (Wildman–Crippen LogP) is 0.747. The van der Waals surface area contributed by atoms with E-state index >= 15 is 0 Å². The summed E-state index contributed by atoms with van der Waals surface area (Å²) in [7, 11) is 0. The van der Waals surface area contributed by atoms with Crippen LogP contribution < -0.4 is 20.1 Å². The first kappa shape index (κ1) is 16.9. The first-order chi connectivity index (χ1) is 10.2. The third-order valence-electron chi connectivity index (χ3n) is 3.91. The van der Waals surface area contributed by atoms with Gasteiger partial charge in [0, 0.05) is 32.2 Å². The Morgan fingerprint density at radius 1 is 1.41 bits per heavy atom. The lowest BCUT2D eigenvalue weighted by Gasteiger charge is -2.33. The van der Waals surface area contributed by atoms with Gasteiger partial charge in [0.25, 0.3) is 0 Å². The van der Waals surface area contributed by atoms with Gasteiger partial charge in [-0.2, -0.15) is 0 Å². The highest BCUT2D eigenvalue weighted by atomic mass is 35.5. The number of fused-ring (bicyclic) bond motifs is 1. The minimum Gasteiger partial charge on any atom is -0.454 e. The summed E-state index contributed by atoms with van der Waals surface area (Å²) in [6.07, 6.45) is 0. The molecule has 7 heteroatoms. The largest absolute Gasteiger partial charge is 0.454 e. The number of nitrogens with one attached hydrogen (secondary N) is 2. The third kappa shape index (κ3) is 4.03. The quantitative estimate of drug-likeness (QED) is 0.854. The van der Waals surface area contributed by atoms with Crippen LogP contribution >= 0.6 is 12.4 Å². The van der Waals surface area contributed by atoms with Gasteiger partial charge in [-0.25, -0.2) is 0 Å². The molecular formula is C15H22ClN3O3. The molecule has 2 N–H and O–H groups in total. The topological polar surface area (TPSA) is 62.8 Å². The average Bonchev–Trinajstić information content (AvgIpc) is 2.95. The van der Waals surface area contributed by atoms with Crippen LogP contribution in [0.4, 0.5) is 0 Å². The highest BCUT2D eigenvalue weighted by Gasteiger charge is 2.20. The van der Waals surface area contributed by atoms with Gasteiger partial charge in [0.15, 0.2) is 11.5 Å². The van der Waals surface area contributed by atoms with E-state index in [2.05, 4.69) is 22.5 Å². The van der Waals surface area contributed by atoms with Crippen molar-refractivity contribution in [3.8, 4) is 11.5 Å². The molecule has 0 spiro atoms. The molecule has 0 unspecified atom stereocenters. The molecule has 1 atom stereocenters. The van der Waals surface area contributed by atoms with Crippen molar-refractivity contribution in [1.82, 2.24) is 15.5 Å². The summed E-state index contributed by atoms with van der Waals surface area (Å²) >= 11 is 0. The van der Waals surface area contributed by atoms with Crippen LogP contribution in [0, 0.1) is 0 Å². The fourth-order valence-electron chi connectivity index (χ4n) is 2.61. The summed E-state index contributed by atoms with van der Waals surface area (Å²) in [5.74, 6) is 1.57. The summed E-state index contributed by atoms with van der Waals surface area (Å²) in [5.41, 5.74) is 1.01. The number of hydrogen-bond acceptors (Lipinski definition) is 5. The normalized spacial score (nSPS) is 20.3. The van der Waals surface area contributed by atoms with Crippen LogP contribution in [-0.4, -0.2) is 49.8 Å². The fourth-order valence-corrected chi connectivity index (χ4v) is 2.61. The molecule has 22 heavy (non-hydrogen) atoms. The summed E-state index contributed by atoms with van der Waals surface area (Å²) < 4.78 is 10.6. The number of hydrogen-bond donors (Lipinski definition) is 2. The van der Waals surface area contributed by atoms with Crippen LogP contribution in [0.3, 0.4) is 0 Å². The van der Waals surface area contributed by atoms with Gasteiger partial charge in [-0.05, 0) is 24.6 Å². The summed E-state index contributed by atoms with van der Waals surface area (Å²) in [6.45, 7) is 6.17. The van der Waals surface area contributed by atoms with Gasteiger partial charge in [0.05, 0.1) is 6.54 Å². The Kier molecular flexibility index (Phi) is 5.88. The SMILES string of the molecule is C[C@@H]1CNCCN1CC(=O)NCc1ccc2c(c1)OCO2.Cl. The van der Waals surface area contributed by atoms with Crippen LogP contribution in [0.15, 0.2) is 18.2 Å². The number of benzene rings is 1. The van der Waals surface area contributed by atoms with Gasteiger partial charge in [-0.15, -0.1) is 12.4 Å². The molecule has 1 aromatic rings. The summed E-state index contributed by atoms with van der Waals surface area (Å²) in [4.78, 5) is 14.2. The second-order valence-corrected chi connectivity index (χ2v) is 5.49. The molecular weight excluding hydrogens is 306 g/mol. The molecule has 1 fully saturated rings. The molecule has 1 amide bonds. The number of amides is 1. The van der Waals surface area contributed by atoms with Gasteiger partial charge in [0.1, 0.15) is 0 Å². The third-order valence-corrected chi connectivity index (χ3v) is 3.91. The molecule has 2 aliphatic rings. The number of ether oxygens (including phenoxy) is 2. The van der Waals surface area contributed by atoms with Crippen molar-refractivity contribution in [2.45, 2.75) is 19.5 Å². The maximum Gasteiger partial charge on any atom is 0.234 e. The maximum atomic E-state index is 12.0. The zero-order chi connectivity index (χ0) is 14.7. The first-order valence-electron chi connectivity index (χ1n) is 7.32. The molecule has 122 valence electrons. The minimum absolute atomic E-state index is 0. The molecule has 3 rings (SSSR count). The Bertz CT molecular complexity index is 527. The molecule has 0 aliphatic carbocycles. The first-order valence-corrected chi connectivity index (χ1v) is 7.32. The molecule has 2 heterocycles. The number of carbonyl (C=O) groups is 1. The van der Waals surface area contributed by atoms with Crippen molar-refractivity contribution in [2.75, 3.05) is 33.0 Å². The standard InChI is InChI=1S/C15H21N3O3.ClH/c1-11-7-16-4-5-18(11)9-15(19)17-8-12-2-3-13-14(6-12)21-10-20-13;/h2-3,6,11,16H,4-5,7-10H2,1H3,(H,17,19);1H/t11-;/m1./s1. The van der Waals surface area contributed by atoms with Crippen molar-refractivity contribution >= 4 is 18.3 Å². The molecule has 0 radical (unpaired) electrons. The number of piperazine rings is 1. The monoisotopic (exact) mass is 327 g/mol. The number of halogens is 1. The summed E-state index contributed by atoms with van der Waals surface area (Å²) in [6, 6.07) is 6.13. The summed E-state index contributed by atoms with van der Waals surface area (Å²) in [5, 5.41) is 6.28. The van der Waals surface area contributed by atoms with Gasteiger partial charge >= 0.3 is 0 Å². The second kappa shape index (κ2) is 7.67.